The number of carbonyl (C=O) groups is 1. The highest BCUT2D eigenvalue weighted by Gasteiger charge is 2.16. The Hall–Kier alpha value is -1.56. The van der Waals surface area contributed by atoms with E-state index in [1.807, 2.05) is 6.07 Å². The summed E-state index contributed by atoms with van der Waals surface area (Å²) in [6, 6.07) is 11.6. The lowest BCUT2D eigenvalue weighted by Gasteiger charge is -2.02. The molecule has 22 heavy (non-hydrogen) atoms. The van der Waals surface area contributed by atoms with Crippen LogP contribution in [0.25, 0.3) is 10.4 Å². The third kappa shape index (κ3) is 3.11. The van der Waals surface area contributed by atoms with Crippen molar-refractivity contribution in [2.45, 2.75) is 0 Å². The molecule has 2 heterocycles. The van der Waals surface area contributed by atoms with Gasteiger partial charge < -0.3 is 0 Å². The van der Waals surface area contributed by atoms with Gasteiger partial charge in [0.15, 0.2) is 0 Å². The minimum absolute atomic E-state index is 0.141. The number of benzene rings is 1. The van der Waals surface area contributed by atoms with Gasteiger partial charge in [-0.15, -0.1) is 11.3 Å². The van der Waals surface area contributed by atoms with Gasteiger partial charge in [-0.25, -0.2) is 4.98 Å². The minimum atomic E-state index is -0.530. The predicted octanol–water partition coefficient (Wildman–Crippen LogP) is 5.60. The molecule has 0 fully saturated rings. The lowest BCUT2D eigenvalue weighted by Crippen LogP contribution is -1.99. The Kier molecular flexibility index (Phi) is 4.38. The first-order valence-electron chi connectivity index (χ1n) is 6.26. The molecule has 0 N–H and O–H groups in total. The zero-order chi connectivity index (χ0) is 15.7. The molecule has 0 atom stereocenters. The lowest BCUT2D eigenvalue weighted by molar-refractivity contribution is 0.104. The van der Waals surface area contributed by atoms with Crippen molar-refractivity contribution < 1.29 is 9.18 Å². The molecule has 0 bridgehead atoms. The summed E-state index contributed by atoms with van der Waals surface area (Å²) in [5.41, 5.74) is 1.22. The van der Waals surface area contributed by atoms with Crippen LogP contribution in [0.2, 0.25) is 5.02 Å². The minimum Gasteiger partial charge on any atom is -0.288 e. The van der Waals surface area contributed by atoms with Gasteiger partial charge in [0.25, 0.3) is 0 Å². The molecule has 0 radical (unpaired) electrons. The first-order chi connectivity index (χ1) is 10.5. The molecule has 6 heteroatoms. The largest absolute Gasteiger partial charge is 0.288 e. The van der Waals surface area contributed by atoms with Crippen molar-refractivity contribution >= 4 is 44.7 Å². The Bertz CT molecular complexity index is 848. The second-order valence-corrected chi connectivity index (χ2v) is 6.89. The van der Waals surface area contributed by atoms with E-state index < -0.39 is 5.95 Å². The summed E-state index contributed by atoms with van der Waals surface area (Å²) < 4.78 is 13.6. The van der Waals surface area contributed by atoms with Crippen molar-refractivity contribution in [3.63, 3.8) is 0 Å². The van der Waals surface area contributed by atoms with E-state index in [2.05, 4.69) is 20.9 Å². The van der Waals surface area contributed by atoms with Crippen molar-refractivity contribution in [2.75, 3.05) is 0 Å². The van der Waals surface area contributed by atoms with Gasteiger partial charge in [-0.2, -0.15) is 4.39 Å². The van der Waals surface area contributed by atoms with Crippen LogP contribution >= 0.6 is 38.9 Å². The highest BCUT2D eigenvalue weighted by Crippen LogP contribution is 2.31. The summed E-state index contributed by atoms with van der Waals surface area (Å²) >= 11 is 10.8. The third-order valence-corrected chi connectivity index (χ3v) is 4.97. The van der Waals surface area contributed by atoms with Crippen LogP contribution in [0.3, 0.4) is 0 Å². The molecule has 2 nitrogen and oxygen atoms in total. The second-order valence-electron chi connectivity index (χ2n) is 4.49. The molecular weight excluding hydrogens is 389 g/mol. The molecule has 0 unspecified atom stereocenters. The van der Waals surface area contributed by atoms with E-state index in [9.17, 15) is 9.18 Å². The van der Waals surface area contributed by atoms with Gasteiger partial charge >= 0.3 is 0 Å². The Morgan fingerprint density at radius 3 is 2.73 bits per heavy atom. The smallest absolute Gasteiger partial charge is 0.212 e. The molecule has 0 aliphatic carbocycles. The Labute approximate surface area is 143 Å². The number of hydrogen-bond donors (Lipinski definition) is 0. The Morgan fingerprint density at radius 2 is 2.00 bits per heavy atom. The van der Waals surface area contributed by atoms with Crippen LogP contribution < -0.4 is 0 Å². The number of hydrogen-bond acceptors (Lipinski definition) is 3. The molecule has 3 aromatic rings. The molecule has 0 saturated carbocycles. The molecule has 110 valence electrons. The van der Waals surface area contributed by atoms with Gasteiger partial charge in [-0.3, -0.25) is 4.79 Å². The fraction of sp³-hybridized carbons (Fsp3) is 0. The highest BCUT2D eigenvalue weighted by atomic mass is 79.9. The van der Waals surface area contributed by atoms with Crippen LogP contribution in [0, 0.1) is 5.95 Å². The van der Waals surface area contributed by atoms with Crippen LogP contribution in [-0.4, -0.2) is 10.8 Å². The van der Waals surface area contributed by atoms with Crippen molar-refractivity contribution in [3.05, 3.63) is 74.5 Å². The van der Waals surface area contributed by atoms with Crippen molar-refractivity contribution in [2.24, 2.45) is 0 Å². The summed E-state index contributed by atoms with van der Waals surface area (Å²) in [5.74, 6) is -0.671. The SMILES string of the molecule is O=C(c1ccc(-c2ccc(F)nc2)s1)c1cc(Br)ccc1Cl. The first kappa shape index (κ1) is 15.3. The van der Waals surface area contributed by atoms with Gasteiger partial charge in [0.2, 0.25) is 11.7 Å². The Morgan fingerprint density at radius 1 is 1.18 bits per heavy atom. The normalized spacial score (nSPS) is 10.7. The van der Waals surface area contributed by atoms with Crippen molar-refractivity contribution in [1.29, 1.82) is 0 Å². The maximum Gasteiger partial charge on any atom is 0.212 e. The molecule has 1 aromatic carbocycles. The molecule has 0 aliphatic heterocycles. The van der Waals surface area contributed by atoms with E-state index in [1.54, 1.807) is 30.3 Å². The van der Waals surface area contributed by atoms with Gasteiger partial charge in [-0.1, -0.05) is 27.5 Å². The average molecular weight is 397 g/mol. The molecule has 3 rings (SSSR count). The first-order valence-corrected chi connectivity index (χ1v) is 8.25. The molecule has 0 spiro atoms. The van der Waals surface area contributed by atoms with Crippen LogP contribution in [0.4, 0.5) is 4.39 Å². The monoisotopic (exact) mass is 395 g/mol. The third-order valence-electron chi connectivity index (χ3n) is 3.01. The predicted molar refractivity (Wildman–Crippen MR) is 90.1 cm³/mol. The molecular formula is C16H8BrClFNOS. The highest BCUT2D eigenvalue weighted by molar-refractivity contribution is 9.10. The van der Waals surface area contributed by atoms with E-state index >= 15 is 0 Å². The molecule has 0 saturated heterocycles. The number of halogens is 3. The summed E-state index contributed by atoms with van der Waals surface area (Å²) in [7, 11) is 0. The standard InChI is InChI=1S/C16H8BrClFNOS/c17-10-2-3-12(18)11(7-10)16(21)14-5-4-13(22-14)9-1-6-15(19)20-8-9/h1-8H. The summed E-state index contributed by atoms with van der Waals surface area (Å²) in [4.78, 5) is 17.6. The molecule has 0 amide bonds. The number of rotatable bonds is 3. The van der Waals surface area contributed by atoms with Gasteiger partial charge in [0.1, 0.15) is 0 Å². The summed E-state index contributed by atoms with van der Waals surface area (Å²) in [6.45, 7) is 0. The second kappa shape index (κ2) is 6.28. The molecule has 2 aromatic heterocycles. The zero-order valence-corrected chi connectivity index (χ0v) is 14.2. The van der Waals surface area contributed by atoms with Gasteiger partial charge in [-0.05, 0) is 42.5 Å². The number of ketones is 1. The summed E-state index contributed by atoms with van der Waals surface area (Å²) in [6.07, 6.45) is 1.45. The Balaban J connectivity index is 1.95. The van der Waals surface area contributed by atoms with E-state index in [0.717, 1.165) is 14.9 Å². The van der Waals surface area contributed by atoms with Crippen LogP contribution in [0.5, 0.6) is 0 Å². The topological polar surface area (TPSA) is 30.0 Å². The van der Waals surface area contributed by atoms with E-state index in [1.165, 1.54) is 23.6 Å². The number of aromatic nitrogens is 1. The van der Waals surface area contributed by atoms with Crippen LogP contribution in [-0.2, 0) is 0 Å². The summed E-state index contributed by atoms with van der Waals surface area (Å²) in [5, 5.41) is 0.409. The maximum absolute atomic E-state index is 12.9. The fourth-order valence-electron chi connectivity index (χ4n) is 1.94. The number of pyridine rings is 1. The lowest BCUT2D eigenvalue weighted by atomic mass is 10.1. The zero-order valence-electron chi connectivity index (χ0n) is 11.0. The average Bonchev–Trinajstić information content (AvgIpc) is 2.99. The number of carbonyl (C=O) groups excluding carboxylic acids is 1. The van der Waals surface area contributed by atoms with Gasteiger partial charge in [0.05, 0.1) is 9.90 Å². The maximum atomic E-state index is 12.9. The van der Waals surface area contributed by atoms with Crippen LogP contribution in [0.15, 0.2) is 53.1 Å². The fourth-order valence-corrected chi connectivity index (χ4v) is 3.46. The number of thiophene rings is 1. The van der Waals surface area contributed by atoms with E-state index in [-0.39, 0.29) is 5.78 Å². The molecule has 0 aliphatic rings. The number of nitrogens with zero attached hydrogens (tertiary/aromatic N) is 1. The van der Waals surface area contributed by atoms with Gasteiger partial charge in [0, 0.05) is 26.7 Å². The quantitative estimate of drug-likeness (QED) is 0.426. The van der Waals surface area contributed by atoms with E-state index in [4.69, 9.17) is 11.6 Å². The van der Waals surface area contributed by atoms with Crippen molar-refractivity contribution in [1.82, 2.24) is 4.98 Å². The van der Waals surface area contributed by atoms with Crippen LogP contribution in [0.1, 0.15) is 15.2 Å². The van der Waals surface area contributed by atoms with E-state index in [0.29, 0.717) is 15.5 Å². The van der Waals surface area contributed by atoms with Crippen molar-refractivity contribution in [3.8, 4) is 10.4 Å².